The third-order valence-electron chi connectivity index (χ3n) is 4.39. The van der Waals surface area contributed by atoms with E-state index in [1.807, 2.05) is 6.07 Å². The Morgan fingerprint density at radius 2 is 2.22 bits per heavy atom. The summed E-state index contributed by atoms with van der Waals surface area (Å²) in [6.45, 7) is 3.51. The Morgan fingerprint density at radius 3 is 2.78 bits per heavy atom. The van der Waals surface area contributed by atoms with Crippen LogP contribution in [-0.4, -0.2) is 48.8 Å². The highest BCUT2D eigenvalue weighted by Crippen LogP contribution is 2.36. The van der Waals surface area contributed by atoms with Crippen LogP contribution in [0.15, 0.2) is 42.0 Å². The fourth-order valence-electron chi connectivity index (χ4n) is 3.22. The molecule has 1 fully saturated rings. The molecule has 0 unspecified atom stereocenters. The van der Waals surface area contributed by atoms with Gasteiger partial charge >= 0.3 is 12.1 Å². The minimum atomic E-state index is -1.37. The van der Waals surface area contributed by atoms with E-state index in [1.54, 1.807) is 24.3 Å². The second-order valence-electron chi connectivity index (χ2n) is 6.05. The lowest BCUT2D eigenvalue weighted by atomic mass is 9.87. The van der Waals surface area contributed by atoms with Gasteiger partial charge in [0, 0.05) is 17.9 Å². The maximum atomic E-state index is 12.7. The molecule has 0 N–H and O–H groups in total. The molecule has 0 radical (unpaired) electrons. The predicted molar refractivity (Wildman–Crippen MR) is 95.4 cm³/mol. The average Bonchev–Trinajstić information content (AvgIpc) is 3.05. The number of azide groups is 1. The molecule has 0 spiro atoms. The summed E-state index contributed by atoms with van der Waals surface area (Å²) in [5, 5.41) is 12.6. The smallest absolute Gasteiger partial charge is 0.411 e. The van der Waals surface area contributed by atoms with Gasteiger partial charge in [-0.15, -0.1) is 0 Å². The summed E-state index contributed by atoms with van der Waals surface area (Å²) >= 11 is 0. The number of hydrogen-bond donors (Lipinski definition) is 0. The van der Waals surface area contributed by atoms with Crippen molar-refractivity contribution in [2.45, 2.75) is 24.4 Å². The first-order valence-electron chi connectivity index (χ1n) is 8.17. The highest BCUT2D eigenvalue weighted by molar-refractivity contribution is 5.87. The molecule has 0 aliphatic carbocycles. The molecule has 0 saturated carbocycles. The number of carbonyl (C=O) groups is 2. The number of esters is 1. The van der Waals surface area contributed by atoms with Crippen molar-refractivity contribution in [2.75, 3.05) is 20.3 Å². The summed E-state index contributed by atoms with van der Waals surface area (Å²) in [4.78, 5) is 29.3. The van der Waals surface area contributed by atoms with Crippen molar-refractivity contribution in [3.05, 3.63) is 58.5 Å². The molecule has 1 heterocycles. The lowest BCUT2D eigenvalue weighted by Gasteiger charge is -2.35. The summed E-state index contributed by atoms with van der Waals surface area (Å²) in [6.07, 6.45) is 0.933. The lowest BCUT2D eigenvalue weighted by Crippen LogP contribution is -2.55. The van der Waals surface area contributed by atoms with Crippen LogP contribution in [0.5, 0.6) is 0 Å². The fourth-order valence-corrected chi connectivity index (χ4v) is 3.22. The van der Waals surface area contributed by atoms with Crippen molar-refractivity contribution < 1.29 is 19.1 Å². The van der Waals surface area contributed by atoms with Crippen LogP contribution in [-0.2, 0) is 20.7 Å². The maximum absolute atomic E-state index is 12.7. The minimum Gasteiger partial charge on any atom is -0.467 e. The Kier molecular flexibility index (Phi) is 6.41. The van der Waals surface area contributed by atoms with Crippen LogP contribution in [0.1, 0.15) is 17.5 Å². The predicted octanol–water partition coefficient (Wildman–Crippen LogP) is 2.72. The van der Waals surface area contributed by atoms with Crippen LogP contribution < -0.4 is 0 Å². The van der Waals surface area contributed by atoms with Gasteiger partial charge < -0.3 is 9.47 Å². The largest absolute Gasteiger partial charge is 0.467 e. The van der Waals surface area contributed by atoms with Crippen LogP contribution in [0.2, 0.25) is 0 Å². The SMILES string of the molecule is C=CCOC(=O)N1C[C@@H](N=[N+]=[N-])C[C@@]1(Cc1ccc(C#N)cc1)C(=O)OC. The zero-order valence-corrected chi connectivity index (χ0v) is 14.9. The minimum absolute atomic E-state index is 0.0182. The Hall–Kier alpha value is -3.50. The number of amides is 1. The first-order chi connectivity index (χ1) is 13.0. The Bertz CT molecular complexity index is 810. The van der Waals surface area contributed by atoms with Crippen LogP contribution >= 0.6 is 0 Å². The van der Waals surface area contributed by atoms with Crippen LogP contribution in [0, 0.1) is 11.3 Å². The molecule has 9 nitrogen and oxygen atoms in total. The first kappa shape index (κ1) is 19.8. The van der Waals surface area contributed by atoms with Crippen LogP contribution in [0.4, 0.5) is 4.79 Å². The molecule has 0 bridgehead atoms. The Morgan fingerprint density at radius 1 is 1.52 bits per heavy atom. The van der Waals surface area contributed by atoms with E-state index in [-0.39, 0.29) is 26.0 Å². The molecule has 27 heavy (non-hydrogen) atoms. The molecule has 1 aliphatic rings. The summed E-state index contributed by atoms with van der Waals surface area (Å²) in [6, 6.07) is 8.09. The van der Waals surface area contributed by atoms with E-state index in [0.29, 0.717) is 5.56 Å². The van der Waals surface area contributed by atoms with Gasteiger partial charge in [0.15, 0.2) is 0 Å². The molecule has 9 heteroatoms. The lowest BCUT2D eigenvalue weighted by molar-refractivity contribution is -0.152. The van der Waals surface area contributed by atoms with Crippen molar-refractivity contribution in [3.8, 4) is 6.07 Å². The van der Waals surface area contributed by atoms with Gasteiger partial charge in [-0.1, -0.05) is 29.9 Å². The number of likely N-dealkylation sites (tertiary alicyclic amines) is 1. The fraction of sp³-hybridized carbons (Fsp3) is 0.389. The van der Waals surface area contributed by atoms with Crippen LogP contribution in [0.3, 0.4) is 0 Å². The van der Waals surface area contributed by atoms with Gasteiger partial charge in [0.1, 0.15) is 12.1 Å². The van der Waals surface area contributed by atoms with Gasteiger partial charge in [0.25, 0.3) is 0 Å². The molecule has 1 amide bonds. The van der Waals surface area contributed by atoms with Crippen molar-refractivity contribution in [1.82, 2.24) is 4.90 Å². The number of rotatable bonds is 6. The molecular formula is C18H19N5O4. The highest BCUT2D eigenvalue weighted by atomic mass is 16.6. The molecular weight excluding hydrogens is 350 g/mol. The number of nitrogens with zero attached hydrogens (tertiary/aromatic N) is 5. The van der Waals surface area contributed by atoms with Gasteiger partial charge in [0.2, 0.25) is 0 Å². The standard InChI is InChI=1S/C18H19N5O4/c1-3-8-27-17(25)23-12-15(21-22-20)10-18(23,16(24)26-2)9-13-4-6-14(11-19)7-5-13/h3-7,15H,1,8-10,12H2,2H3/t15-,18-/m0/s1. The molecule has 1 aliphatic heterocycles. The molecule has 140 valence electrons. The van der Waals surface area contributed by atoms with E-state index < -0.39 is 23.6 Å². The van der Waals surface area contributed by atoms with Crippen LogP contribution in [0.25, 0.3) is 10.4 Å². The molecule has 1 aromatic rings. The second-order valence-corrected chi connectivity index (χ2v) is 6.05. The molecule has 1 aromatic carbocycles. The third-order valence-corrected chi connectivity index (χ3v) is 4.39. The molecule has 2 atom stereocenters. The van der Waals surface area contributed by atoms with Crippen molar-refractivity contribution in [1.29, 1.82) is 5.26 Å². The van der Waals surface area contributed by atoms with Crippen molar-refractivity contribution in [3.63, 3.8) is 0 Å². The number of benzene rings is 1. The van der Waals surface area contributed by atoms with Gasteiger partial charge in [-0.05, 0) is 29.6 Å². The summed E-state index contributed by atoms with van der Waals surface area (Å²) < 4.78 is 10.1. The van der Waals surface area contributed by atoms with E-state index in [2.05, 4.69) is 16.6 Å². The molecule has 0 aromatic heterocycles. The van der Waals surface area contributed by atoms with Gasteiger partial charge in [0.05, 0.1) is 24.8 Å². The monoisotopic (exact) mass is 369 g/mol. The van der Waals surface area contributed by atoms with E-state index in [9.17, 15) is 9.59 Å². The average molecular weight is 369 g/mol. The zero-order valence-electron chi connectivity index (χ0n) is 14.9. The number of hydrogen-bond acceptors (Lipinski definition) is 6. The first-order valence-corrected chi connectivity index (χ1v) is 8.17. The normalized spacial score (nSPS) is 20.9. The highest BCUT2D eigenvalue weighted by Gasteiger charge is 2.54. The van der Waals surface area contributed by atoms with Crippen molar-refractivity contribution >= 4 is 12.1 Å². The Balaban J connectivity index is 2.44. The number of nitriles is 1. The number of carbonyl (C=O) groups excluding carboxylic acids is 2. The topological polar surface area (TPSA) is 128 Å². The summed E-state index contributed by atoms with van der Waals surface area (Å²) in [7, 11) is 1.23. The summed E-state index contributed by atoms with van der Waals surface area (Å²) in [5.74, 6) is -0.627. The van der Waals surface area contributed by atoms with Gasteiger partial charge in [-0.3, -0.25) is 4.90 Å². The number of methoxy groups -OCH3 is 1. The second kappa shape index (κ2) is 8.74. The number of ether oxygens (including phenoxy) is 2. The van der Waals surface area contributed by atoms with Crippen molar-refractivity contribution in [2.24, 2.45) is 5.11 Å². The third kappa shape index (κ3) is 4.19. The van der Waals surface area contributed by atoms with E-state index in [0.717, 1.165) is 5.56 Å². The Labute approximate surface area is 156 Å². The maximum Gasteiger partial charge on any atom is 0.411 e. The quantitative estimate of drug-likeness (QED) is 0.250. The molecule has 1 saturated heterocycles. The van der Waals surface area contributed by atoms with Gasteiger partial charge in [-0.2, -0.15) is 5.26 Å². The molecule has 2 rings (SSSR count). The van der Waals surface area contributed by atoms with E-state index in [4.69, 9.17) is 20.3 Å². The van der Waals surface area contributed by atoms with E-state index >= 15 is 0 Å². The summed E-state index contributed by atoms with van der Waals surface area (Å²) in [5.41, 5.74) is 8.60. The van der Waals surface area contributed by atoms with E-state index in [1.165, 1.54) is 18.1 Å². The zero-order chi connectivity index (χ0) is 19.9. The van der Waals surface area contributed by atoms with Gasteiger partial charge in [-0.25, -0.2) is 9.59 Å².